The van der Waals surface area contributed by atoms with Crippen molar-refractivity contribution < 1.29 is 23.1 Å². The number of hydrogen-bond donors (Lipinski definition) is 2. The fraction of sp³-hybridized carbons (Fsp3) is 0.500. The molecule has 0 unspecified atom stereocenters. The second-order valence-electron chi connectivity index (χ2n) is 3.25. The van der Waals surface area contributed by atoms with Gasteiger partial charge in [0.2, 0.25) is 0 Å². The molecule has 0 aliphatic carbocycles. The Kier molecular flexibility index (Phi) is 4.52. The highest BCUT2D eigenvalue weighted by Crippen LogP contribution is 2.14. The SMILES string of the molecule is Brc1cnn(C2CNC2)c1.O=C(O)C(F)(F)F. The molecule has 1 aliphatic heterocycles. The molecule has 1 saturated heterocycles. The molecule has 0 saturated carbocycles. The van der Waals surface area contributed by atoms with Crippen LogP contribution in [0, 0.1) is 0 Å². The van der Waals surface area contributed by atoms with Crippen molar-refractivity contribution in [2.75, 3.05) is 13.1 Å². The number of carboxylic acid groups (broad SMARTS) is 1. The molecule has 17 heavy (non-hydrogen) atoms. The summed E-state index contributed by atoms with van der Waals surface area (Å²) in [5.41, 5.74) is 0. The van der Waals surface area contributed by atoms with Crippen LogP contribution >= 0.6 is 15.9 Å². The average Bonchev–Trinajstić information content (AvgIpc) is 2.48. The maximum Gasteiger partial charge on any atom is 0.490 e. The lowest BCUT2D eigenvalue weighted by molar-refractivity contribution is -0.192. The molecule has 2 heterocycles. The monoisotopic (exact) mass is 315 g/mol. The third kappa shape index (κ3) is 4.35. The average molecular weight is 316 g/mol. The van der Waals surface area contributed by atoms with Gasteiger partial charge in [0, 0.05) is 19.3 Å². The molecule has 1 aromatic rings. The number of carboxylic acids is 1. The van der Waals surface area contributed by atoms with Gasteiger partial charge in [0.15, 0.2) is 0 Å². The maximum atomic E-state index is 10.6. The molecule has 0 aromatic carbocycles. The zero-order chi connectivity index (χ0) is 13.1. The van der Waals surface area contributed by atoms with Crippen LogP contribution in [0.2, 0.25) is 0 Å². The molecule has 9 heteroatoms. The molecule has 1 fully saturated rings. The highest BCUT2D eigenvalue weighted by molar-refractivity contribution is 9.10. The lowest BCUT2D eigenvalue weighted by Crippen LogP contribution is -2.43. The molecule has 96 valence electrons. The first kappa shape index (κ1) is 14.0. The number of aliphatic carboxylic acids is 1. The summed E-state index contributed by atoms with van der Waals surface area (Å²) in [4.78, 5) is 8.90. The fourth-order valence-corrected chi connectivity index (χ4v) is 1.28. The van der Waals surface area contributed by atoms with Crippen LogP contribution in [0.15, 0.2) is 16.9 Å². The van der Waals surface area contributed by atoms with Crippen LogP contribution in [0.5, 0.6) is 0 Å². The minimum atomic E-state index is -5.08. The van der Waals surface area contributed by atoms with Crippen LogP contribution in [0.3, 0.4) is 0 Å². The van der Waals surface area contributed by atoms with E-state index in [1.54, 1.807) is 0 Å². The molecule has 2 N–H and O–H groups in total. The van der Waals surface area contributed by atoms with E-state index in [9.17, 15) is 13.2 Å². The molecule has 1 aromatic heterocycles. The van der Waals surface area contributed by atoms with Crippen molar-refractivity contribution in [2.45, 2.75) is 12.2 Å². The third-order valence-electron chi connectivity index (χ3n) is 1.95. The van der Waals surface area contributed by atoms with Gasteiger partial charge in [0.1, 0.15) is 0 Å². The topological polar surface area (TPSA) is 67.2 Å². The van der Waals surface area contributed by atoms with E-state index in [1.165, 1.54) is 0 Å². The van der Waals surface area contributed by atoms with Gasteiger partial charge in [-0.15, -0.1) is 0 Å². The van der Waals surface area contributed by atoms with Gasteiger partial charge in [-0.2, -0.15) is 18.3 Å². The first-order valence-corrected chi connectivity index (χ1v) is 5.30. The molecule has 0 atom stereocenters. The highest BCUT2D eigenvalue weighted by atomic mass is 79.9. The first-order valence-electron chi connectivity index (χ1n) is 4.51. The van der Waals surface area contributed by atoms with E-state index in [2.05, 4.69) is 26.3 Å². The summed E-state index contributed by atoms with van der Waals surface area (Å²) in [6, 6.07) is 0.575. The number of aromatic nitrogens is 2. The zero-order valence-electron chi connectivity index (χ0n) is 8.41. The number of rotatable bonds is 1. The Morgan fingerprint density at radius 3 is 2.35 bits per heavy atom. The first-order chi connectivity index (χ1) is 7.80. The zero-order valence-corrected chi connectivity index (χ0v) is 9.99. The van der Waals surface area contributed by atoms with Crippen molar-refractivity contribution in [2.24, 2.45) is 0 Å². The Morgan fingerprint density at radius 1 is 1.59 bits per heavy atom. The van der Waals surface area contributed by atoms with Gasteiger partial charge in [-0.3, -0.25) is 4.68 Å². The lowest BCUT2D eigenvalue weighted by atomic mass is 10.2. The Labute approximate surface area is 103 Å². The van der Waals surface area contributed by atoms with Gasteiger partial charge in [0.05, 0.1) is 16.7 Å². The van der Waals surface area contributed by atoms with Gasteiger partial charge >= 0.3 is 12.1 Å². The predicted molar refractivity (Wildman–Crippen MR) is 55.5 cm³/mol. The summed E-state index contributed by atoms with van der Waals surface area (Å²) in [6.45, 7) is 2.10. The number of alkyl halides is 3. The smallest absolute Gasteiger partial charge is 0.475 e. The van der Waals surface area contributed by atoms with Gasteiger partial charge in [-0.1, -0.05) is 0 Å². The van der Waals surface area contributed by atoms with Gasteiger partial charge < -0.3 is 10.4 Å². The Balaban J connectivity index is 0.000000185. The summed E-state index contributed by atoms with van der Waals surface area (Å²) in [5, 5.41) is 14.5. The number of nitrogens with one attached hydrogen (secondary N) is 1. The van der Waals surface area contributed by atoms with E-state index in [1.807, 2.05) is 17.1 Å². The Hall–Kier alpha value is -1.09. The van der Waals surface area contributed by atoms with E-state index < -0.39 is 12.1 Å². The second-order valence-corrected chi connectivity index (χ2v) is 4.17. The third-order valence-corrected chi connectivity index (χ3v) is 2.36. The molecule has 2 rings (SSSR count). The predicted octanol–water partition coefficient (Wildman–Crippen LogP) is 1.42. The van der Waals surface area contributed by atoms with Crippen molar-refractivity contribution in [3.63, 3.8) is 0 Å². The lowest BCUT2D eigenvalue weighted by Gasteiger charge is -2.26. The van der Waals surface area contributed by atoms with Crippen LogP contribution < -0.4 is 5.32 Å². The van der Waals surface area contributed by atoms with Crippen molar-refractivity contribution in [1.82, 2.24) is 15.1 Å². The van der Waals surface area contributed by atoms with E-state index in [4.69, 9.17) is 9.90 Å². The molecular formula is C8H9BrF3N3O2. The van der Waals surface area contributed by atoms with Gasteiger partial charge in [0.25, 0.3) is 0 Å². The standard InChI is InChI=1S/C6H8BrN3.C2HF3O2/c7-5-1-9-10(4-5)6-2-8-3-6;3-2(4,5)1(6)7/h1,4,6,8H,2-3H2;(H,6,7). The quantitative estimate of drug-likeness (QED) is 0.822. The van der Waals surface area contributed by atoms with Crippen molar-refractivity contribution in [1.29, 1.82) is 0 Å². The molecular weight excluding hydrogens is 307 g/mol. The van der Waals surface area contributed by atoms with E-state index in [0.29, 0.717) is 6.04 Å². The normalized spacial score (nSPS) is 15.8. The minimum Gasteiger partial charge on any atom is -0.475 e. The summed E-state index contributed by atoms with van der Waals surface area (Å²) in [5.74, 6) is -2.76. The van der Waals surface area contributed by atoms with Crippen LogP contribution in [0.25, 0.3) is 0 Å². The molecule has 0 bridgehead atoms. The summed E-state index contributed by atoms with van der Waals surface area (Å²) in [7, 11) is 0. The summed E-state index contributed by atoms with van der Waals surface area (Å²) in [6.07, 6.45) is -1.26. The van der Waals surface area contributed by atoms with Crippen LogP contribution in [0.1, 0.15) is 6.04 Å². The van der Waals surface area contributed by atoms with E-state index in [0.717, 1.165) is 17.6 Å². The van der Waals surface area contributed by atoms with Crippen LogP contribution in [-0.2, 0) is 4.79 Å². The Bertz CT molecular complexity index is 390. The van der Waals surface area contributed by atoms with Gasteiger partial charge in [-0.25, -0.2) is 4.79 Å². The highest BCUT2D eigenvalue weighted by Gasteiger charge is 2.38. The van der Waals surface area contributed by atoms with E-state index in [-0.39, 0.29) is 0 Å². The van der Waals surface area contributed by atoms with E-state index >= 15 is 0 Å². The molecule has 5 nitrogen and oxygen atoms in total. The molecule has 0 amide bonds. The fourth-order valence-electron chi connectivity index (χ4n) is 0.975. The number of carbonyl (C=O) groups is 1. The van der Waals surface area contributed by atoms with Crippen molar-refractivity contribution in [3.05, 3.63) is 16.9 Å². The largest absolute Gasteiger partial charge is 0.490 e. The van der Waals surface area contributed by atoms with Crippen molar-refractivity contribution >= 4 is 21.9 Å². The van der Waals surface area contributed by atoms with Crippen LogP contribution in [0.4, 0.5) is 13.2 Å². The van der Waals surface area contributed by atoms with Gasteiger partial charge in [-0.05, 0) is 15.9 Å². The Morgan fingerprint density at radius 2 is 2.12 bits per heavy atom. The number of halogens is 4. The summed E-state index contributed by atoms with van der Waals surface area (Å²) >= 11 is 3.35. The molecule has 1 aliphatic rings. The van der Waals surface area contributed by atoms with Crippen molar-refractivity contribution in [3.8, 4) is 0 Å². The minimum absolute atomic E-state index is 0.575. The number of nitrogens with zero attached hydrogens (tertiary/aromatic N) is 2. The maximum absolute atomic E-state index is 10.6. The summed E-state index contributed by atoms with van der Waals surface area (Å²) < 4.78 is 34.8. The molecule has 0 spiro atoms. The van der Waals surface area contributed by atoms with Crippen LogP contribution in [-0.4, -0.2) is 40.1 Å². The molecule has 0 radical (unpaired) electrons. The second kappa shape index (κ2) is 5.50. The number of hydrogen-bond acceptors (Lipinski definition) is 3.